The molecule has 1 unspecified atom stereocenters. The van der Waals surface area contributed by atoms with E-state index in [1.165, 1.54) is 0 Å². The van der Waals surface area contributed by atoms with E-state index < -0.39 is 10.8 Å². The van der Waals surface area contributed by atoms with Crippen LogP contribution in [-0.2, 0) is 17.2 Å². The zero-order valence-electron chi connectivity index (χ0n) is 17.3. The maximum absolute atomic E-state index is 12.8. The van der Waals surface area contributed by atoms with Gasteiger partial charge in [0.2, 0.25) is 11.9 Å². The van der Waals surface area contributed by atoms with Crippen molar-refractivity contribution in [2.24, 2.45) is 0 Å². The second kappa shape index (κ2) is 8.48. The summed E-state index contributed by atoms with van der Waals surface area (Å²) in [6.07, 6.45) is 7.74. The van der Waals surface area contributed by atoms with Crippen molar-refractivity contribution in [2.45, 2.75) is 42.5 Å². The lowest BCUT2D eigenvalue weighted by Crippen LogP contribution is -2.49. The van der Waals surface area contributed by atoms with E-state index in [2.05, 4.69) is 25.1 Å². The summed E-state index contributed by atoms with van der Waals surface area (Å²) >= 11 is 5.90. The van der Waals surface area contributed by atoms with Gasteiger partial charge in [0.15, 0.2) is 0 Å². The van der Waals surface area contributed by atoms with Crippen molar-refractivity contribution in [2.75, 3.05) is 53.7 Å². The average molecular weight is 464 g/mol. The Bertz CT molecular complexity index is 973. The number of nitrogens with zero attached hydrogens (tertiary/aromatic N) is 6. The van der Waals surface area contributed by atoms with Crippen LogP contribution in [0.4, 0.5) is 17.7 Å². The highest BCUT2D eigenvalue weighted by molar-refractivity contribution is 7.85. The van der Waals surface area contributed by atoms with Gasteiger partial charge in [-0.05, 0) is 32.1 Å². The fourth-order valence-electron chi connectivity index (χ4n) is 4.34. The molecule has 2 aromatic rings. The highest BCUT2D eigenvalue weighted by atomic mass is 35.5. The number of aryl methyl sites for hydroxylation is 1. The van der Waals surface area contributed by atoms with Crippen LogP contribution < -0.4 is 15.1 Å². The van der Waals surface area contributed by atoms with E-state index in [-0.39, 0.29) is 12.1 Å². The van der Waals surface area contributed by atoms with Crippen molar-refractivity contribution in [3.8, 4) is 0 Å². The quantitative estimate of drug-likeness (QED) is 0.683. The van der Waals surface area contributed by atoms with Gasteiger partial charge in [0.05, 0.1) is 46.1 Å². The second-order valence-electron chi connectivity index (χ2n) is 8.39. The first kappa shape index (κ1) is 20.8. The van der Waals surface area contributed by atoms with Gasteiger partial charge in [0, 0.05) is 31.9 Å². The Morgan fingerprint density at radius 1 is 1.06 bits per heavy atom. The number of anilines is 3. The van der Waals surface area contributed by atoms with Gasteiger partial charge in [-0.1, -0.05) is 11.6 Å². The number of rotatable bonds is 5. The van der Waals surface area contributed by atoms with Gasteiger partial charge in [-0.2, -0.15) is 4.98 Å². The van der Waals surface area contributed by atoms with E-state index in [9.17, 15) is 9.32 Å². The first-order valence-corrected chi connectivity index (χ1v) is 12.4. The molecule has 1 saturated carbocycles. The first-order valence-electron chi connectivity index (χ1n) is 10.7. The number of nitrogens with one attached hydrogen (secondary N) is 1. The molecule has 2 aliphatic heterocycles. The smallest absolute Gasteiger partial charge is 0.227 e. The van der Waals surface area contributed by atoms with Crippen LogP contribution in [0.5, 0.6) is 0 Å². The second-order valence-corrected chi connectivity index (χ2v) is 10.3. The SMILES string of the molecule is O=S1CCCc2nc(N3CCN(c4ncc(Cl)cn4)CC3)nc(NC3(CO)CCC3)c21. The number of hydrogen-bond acceptors (Lipinski definition) is 9. The van der Waals surface area contributed by atoms with Gasteiger partial charge < -0.3 is 20.2 Å². The van der Waals surface area contributed by atoms with Crippen LogP contribution >= 0.6 is 11.6 Å². The van der Waals surface area contributed by atoms with E-state index >= 15 is 0 Å². The fraction of sp³-hybridized carbons (Fsp3) is 0.600. The molecule has 5 rings (SSSR count). The predicted molar refractivity (Wildman–Crippen MR) is 120 cm³/mol. The Hall–Kier alpha value is -2.04. The monoisotopic (exact) mass is 463 g/mol. The predicted octanol–water partition coefficient (Wildman–Crippen LogP) is 1.63. The normalized spacial score (nSPS) is 22.6. The number of aliphatic hydroxyl groups is 1. The van der Waals surface area contributed by atoms with Crippen molar-refractivity contribution in [3.63, 3.8) is 0 Å². The Morgan fingerprint density at radius 3 is 2.35 bits per heavy atom. The minimum atomic E-state index is -1.11. The maximum atomic E-state index is 12.8. The Kier molecular flexibility index (Phi) is 5.70. The lowest BCUT2D eigenvalue weighted by Gasteiger charge is -2.42. The minimum absolute atomic E-state index is 0.0491. The molecule has 9 nitrogen and oxygen atoms in total. The molecule has 11 heteroatoms. The first-order chi connectivity index (χ1) is 15.1. The van der Waals surface area contributed by atoms with Gasteiger partial charge in [-0.3, -0.25) is 4.21 Å². The van der Waals surface area contributed by atoms with E-state index in [0.717, 1.165) is 68.9 Å². The molecule has 2 aromatic heterocycles. The maximum Gasteiger partial charge on any atom is 0.227 e. The Labute approximate surface area is 188 Å². The summed E-state index contributed by atoms with van der Waals surface area (Å²) in [6, 6.07) is 0. The van der Waals surface area contributed by atoms with Crippen molar-refractivity contribution >= 4 is 40.1 Å². The molecule has 0 spiro atoms. The number of aliphatic hydroxyl groups excluding tert-OH is 1. The third kappa shape index (κ3) is 4.08. The lowest BCUT2D eigenvalue weighted by atomic mass is 9.77. The van der Waals surface area contributed by atoms with E-state index in [1.54, 1.807) is 12.4 Å². The highest BCUT2D eigenvalue weighted by Crippen LogP contribution is 2.38. The third-order valence-electron chi connectivity index (χ3n) is 6.34. The van der Waals surface area contributed by atoms with E-state index in [0.29, 0.717) is 28.5 Å². The molecular weight excluding hydrogens is 438 g/mol. The van der Waals surface area contributed by atoms with Crippen molar-refractivity contribution in [1.29, 1.82) is 0 Å². The van der Waals surface area contributed by atoms with Crippen LogP contribution in [0.15, 0.2) is 17.3 Å². The molecule has 0 aromatic carbocycles. The molecule has 1 saturated heterocycles. The lowest BCUT2D eigenvalue weighted by molar-refractivity contribution is 0.143. The fourth-order valence-corrected chi connectivity index (χ4v) is 5.78. The summed E-state index contributed by atoms with van der Waals surface area (Å²) in [7, 11) is -1.11. The molecule has 2 fully saturated rings. The molecule has 2 N–H and O–H groups in total. The van der Waals surface area contributed by atoms with Crippen LogP contribution in [0.1, 0.15) is 31.4 Å². The Morgan fingerprint density at radius 2 is 1.74 bits per heavy atom. The largest absolute Gasteiger partial charge is 0.394 e. The van der Waals surface area contributed by atoms with Gasteiger partial charge >= 0.3 is 0 Å². The molecule has 31 heavy (non-hydrogen) atoms. The van der Waals surface area contributed by atoms with Crippen molar-refractivity contribution in [1.82, 2.24) is 19.9 Å². The van der Waals surface area contributed by atoms with Crippen molar-refractivity contribution < 1.29 is 9.32 Å². The minimum Gasteiger partial charge on any atom is -0.394 e. The Balaban J connectivity index is 1.39. The van der Waals surface area contributed by atoms with Crippen LogP contribution in [0.25, 0.3) is 0 Å². The van der Waals surface area contributed by atoms with Crippen LogP contribution in [0, 0.1) is 0 Å². The van der Waals surface area contributed by atoms with Crippen molar-refractivity contribution in [3.05, 3.63) is 23.1 Å². The van der Waals surface area contributed by atoms with Crippen LogP contribution in [0.3, 0.4) is 0 Å². The number of aromatic nitrogens is 4. The topological polar surface area (TPSA) is 107 Å². The highest BCUT2D eigenvalue weighted by Gasteiger charge is 2.38. The zero-order valence-corrected chi connectivity index (χ0v) is 18.8. The molecule has 1 atom stereocenters. The molecule has 3 aliphatic rings. The van der Waals surface area contributed by atoms with E-state index in [1.807, 2.05) is 0 Å². The van der Waals surface area contributed by atoms with Gasteiger partial charge in [0.1, 0.15) is 10.7 Å². The third-order valence-corrected chi connectivity index (χ3v) is 8.08. The zero-order chi connectivity index (χ0) is 21.4. The van der Waals surface area contributed by atoms with Gasteiger partial charge in [0.25, 0.3) is 0 Å². The standard InChI is InChI=1S/C20H26ClN7O2S/c21-14-11-22-18(23-12-14)27-6-8-28(9-7-27)19-24-15-3-1-10-31(30)16(15)17(25-19)26-20(13-29)4-2-5-20/h11-12,29H,1-10,13H2,(H,24,25,26). The van der Waals surface area contributed by atoms with Gasteiger partial charge in [-0.15, -0.1) is 0 Å². The van der Waals surface area contributed by atoms with E-state index in [4.69, 9.17) is 21.6 Å². The molecule has 1 aliphatic carbocycles. The van der Waals surface area contributed by atoms with Crippen LogP contribution in [-0.4, -0.2) is 73.3 Å². The molecule has 0 amide bonds. The summed E-state index contributed by atoms with van der Waals surface area (Å²) in [4.78, 5) is 23.2. The van der Waals surface area contributed by atoms with Crippen LogP contribution in [0.2, 0.25) is 5.02 Å². The molecule has 166 valence electrons. The summed E-state index contributed by atoms with van der Waals surface area (Å²) in [5.41, 5.74) is 0.513. The molecular formula is C20H26ClN7O2S. The summed E-state index contributed by atoms with van der Waals surface area (Å²) < 4.78 is 12.8. The molecule has 0 bridgehead atoms. The molecule has 4 heterocycles. The number of fused-ring (bicyclic) bond motifs is 1. The number of hydrogen-bond donors (Lipinski definition) is 2. The van der Waals surface area contributed by atoms with Gasteiger partial charge in [-0.25, -0.2) is 15.0 Å². The number of halogens is 1. The number of piperazine rings is 1. The average Bonchev–Trinajstić information content (AvgIpc) is 2.77. The summed E-state index contributed by atoms with van der Waals surface area (Å²) in [5.74, 6) is 2.60. The summed E-state index contributed by atoms with van der Waals surface area (Å²) in [5, 5.41) is 13.9. The molecule has 0 radical (unpaired) electrons. The summed E-state index contributed by atoms with van der Waals surface area (Å²) in [6.45, 7) is 3.01.